The van der Waals surface area contributed by atoms with Gasteiger partial charge < -0.3 is 25.0 Å². The molecule has 2 amide bonds. The summed E-state index contributed by atoms with van der Waals surface area (Å²) in [6.07, 6.45) is -0.138. The molecule has 1 aromatic carbocycles. The lowest BCUT2D eigenvalue weighted by Crippen LogP contribution is -2.56. The molecule has 2 aliphatic rings. The van der Waals surface area contributed by atoms with Gasteiger partial charge in [0.25, 0.3) is 0 Å². The van der Waals surface area contributed by atoms with Crippen LogP contribution >= 0.6 is 0 Å². The second kappa shape index (κ2) is 14.8. The highest BCUT2D eigenvalue weighted by Crippen LogP contribution is 2.38. The molecule has 13 heteroatoms. The maximum Gasteiger partial charge on any atom is 0.475 e. The highest BCUT2D eigenvalue weighted by atomic mass is 19.4. The minimum Gasteiger partial charge on any atom is -0.426 e. The summed E-state index contributed by atoms with van der Waals surface area (Å²) in [7, 11) is -1.94. The SMILES string of the molecule is C[C@@H](CC1CC1)C(C#N)C(=O)N1CCC[C@@H]1COC[C@H](NCC(F)(F)F)C(=O)N[C@@H](Cc1ccccc1)B(O)O. The van der Waals surface area contributed by atoms with Crippen molar-refractivity contribution in [2.75, 3.05) is 26.3 Å². The lowest BCUT2D eigenvalue weighted by atomic mass is 9.76. The zero-order valence-electron chi connectivity index (χ0n) is 22.6. The third-order valence-corrected chi connectivity index (χ3v) is 7.48. The summed E-state index contributed by atoms with van der Waals surface area (Å²) in [4.78, 5) is 27.7. The first-order chi connectivity index (χ1) is 19.0. The Balaban J connectivity index is 1.59. The van der Waals surface area contributed by atoms with E-state index in [9.17, 15) is 38.1 Å². The number of hydrogen-bond acceptors (Lipinski definition) is 7. The smallest absolute Gasteiger partial charge is 0.426 e. The normalized spacial score (nSPS) is 20.3. The molecule has 9 nitrogen and oxygen atoms in total. The van der Waals surface area contributed by atoms with Gasteiger partial charge in [0.05, 0.1) is 37.8 Å². The van der Waals surface area contributed by atoms with E-state index in [0.29, 0.717) is 30.9 Å². The van der Waals surface area contributed by atoms with Crippen LogP contribution in [0.25, 0.3) is 0 Å². The molecule has 220 valence electrons. The Morgan fingerprint density at radius 3 is 2.52 bits per heavy atom. The lowest BCUT2D eigenvalue weighted by Gasteiger charge is -2.29. The summed E-state index contributed by atoms with van der Waals surface area (Å²) in [5.74, 6) is -2.56. The largest absolute Gasteiger partial charge is 0.475 e. The highest BCUT2D eigenvalue weighted by Gasteiger charge is 2.38. The fraction of sp³-hybridized carbons (Fsp3) is 0.667. The molecular formula is C27H38BF3N4O5. The van der Waals surface area contributed by atoms with E-state index in [2.05, 4.69) is 16.7 Å². The molecule has 1 aromatic rings. The molecule has 1 saturated heterocycles. The van der Waals surface area contributed by atoms with Gasteiger partial charge in [-0.05, 0) is 43.1 Å². The number of hydrogen-bond donors (Lipinski definition) is 4. The van der Waals surface area contributed by atoms with Gasteiger partial charge in [0.15, 0.2) is 0 Å². The monoisotopic (exact) mass is 566 g/mol. The first-order valence-corrected chi connectivity index (χ1v) is 13.8. The number of amides is 2. The number of nitrogens with one attached hydrogen (secondary N) is 2. The molecule has 5 atom stereocenters. The standard InChI is InChI=1S/C27H38BF3N4O5/c1-18(12-20-9-10-20)22(14-32)26(37)35-11-5-8-21(35)15-40-16-23(33-17-27(29,30)31)25(36)34-24(28(38)39)13-19-6-3-2-4-7-19/h2-4,6-7,18,20-24,33,38-39H,5,8-13,15-17H2,1H3,(H,34,36)/t18-,21+,22?,23-,24-/m0/s1. The number of halogens is 3. The Morgan fingerprint density at radius 2 is 1.93 bits per heavy atom. The molecular weight excluding hydrogens is 528 g/mol. The Bertz CT molecular complexity index is 1010. The molecule has 0 spiro atoms. The van der Waals surface area contributed by atoms with Crippen LogP contribution in [0.5, 0.6) is 0 Å². The van der Waals surface area contributed by atoms with Crippen molar-refractivity contribution in [2.24, 2.45) is 17.8 Å². The second-order valence-corrected chi connectivity index (χ2v) is 10.9. The number of likely N-dealkylation sites (tertiary alicyclic amines) is 1. The van der Waals surface area contributed by atoms with Gasteiger partial charge in [0.1, 0.15) is 12.0 Å². The minimum absolute atomic E-state index is 0.00551. The van der Waals surface area contributed by atoms with Gasteiger partial charge in [-0.25, -0.2) is 0 Å². The molecule has 0 radical (unpaired) electrons. The zero-order chi connectivity index (χ0) is 29.3. The molecule has 1 saturated carbocycles. The van der Waals surface area contributed by atoms with Crippen molar-refractivity contribution in [3.63, 3.8) is 0 Å². The fourth-order valence-corrected chi connectivity index (χ4v) is 5.09. The minimum atomic E-state index is -4.59. The van der Waals surface area contributed by atoms with Crippen LogP contribution in [-0.2, 0) is 20.7 Å². The Morgan fingerprint density at radius 1 is 1.23 bits per heavy atom. The van der Waals surface area contributed by atoms with E-state index < -0.39 is 50.3 Å². The van der Waals surface area contributed by atoms with Gasteiger partial charge in [0.2, 0.25) is 11.8 Å². The maximum atomic E-state index is 13.2. The summed E-state index contributed by atoms with van der Waals surface area (Å²) in [6.45, 7) is 0.493. The maximum absolute atomic E-state index is 13.2. The third-order valence-electron chi connectivity index (χ3n) is 7.48. The van der Waals surface area contributed by atoms with Gasteiger partial charge in [-0.2, -0.15) is 18.4 Å². The van der Waals surface area contributed by atoms with Crippen LogP contribution in [0, 0.1) is 29.1 Å². The van der Waals surface area contributed by atoms with Gasteiger partial charge in [-0.15, -0.1) is 0 Å². The number of benzene rings is 1. The Labute approximate surface area is 233 Å². The van der Waals surface area contributed by atoms with Crippen molar-refractivity contribution in [3.8, 4) is 6.07 Å². The molecule has 0 bridgehead atoms. The van der Waals surface area contributed by atoms with Crippen LogP contribution in [0.15, 0.2) is 30.3 Å². The summed E-state index contributed by atoms with van der Waals surface area (Å²) in [6, 6.07) is 9.07. The lowest BCUT2D eigenvalue weighted by molar-refractivity contribution is -0.139. The molecule has 0 aromatic heterocycles. The molecule has 1 unspecified atom stereocenters. The van der Waals surface area contributed by atoms with Crippen molar-refractivity contribution < 1.29 is 37.5 Å². The van der Waals surface area contributed by atoms with Crippen LogP contribution in [0.2, 0.25) is 0 Å². The number of ether oxygens (including phenoxy) is 1. The molecule has 2 fully saturated rings. The number of nitriles is 1. The van der Waals surface area contributed by atoms with Crippen LogP contribution in [0.1, 0.15) is 44.6 Å². The van der Waals surface area contributed by atoms with Crippen molar-refractivity contribution in [1.29, 1.82) is 5.26 Å². The summed E-state index contributed by atoms with van der Waals surface area (Å²) in [5.41, 5.74) is 0.699. The average molecular weight is 566 g/mol. The van der Waals surface area contributed by atoms with E-state index in [1.54, 1.807) is 35.2 Å². The summed E-state index contributed by atoms with van der Waals surface area (Å²) in [5, 5.41) is 33.8. The van der Waals surface area contributed by atoms with Gasteiger partial charge >= 0.3 is 13.3 Å². The highest BCUT2D eigenvalue weighted by molar-refractivity contribution is 6.43. The average Bonchev–Trinajstić information content (AvgIpc) is 3.58. The first kappa shape index (κ1) is 31.9. The van der Waals surface area contributed by atoms with E-state index >= 15 is 0 Å². The zero-order valence-corrected chi connectivity index (χ0v) is 22.6. The second-order valence-electron chi connectivity index (χ2n) is 10.9. The Kier molecular flexibility index (Phi) is 11.8. The van der Waals surface area contributed by atoms with Crippen molar-refractivity contribution in [2.45, 2.75) is 69.6 Å². The van der Waals surface area contributed by atoms with Gasteiger partial charge in [-0.1, -0.05) is 50.1 Å². The molecule has 1 aliphatic carbocycles. The molecule has 1 heterocycles. The van der Waals surface area contributed by atoms with Crippen LogP contribution in [0.3, 0.4) is 0 Å². The van der Waals surface area contributed by atoms with E-state index in [1.165, 1.54) is 0 Å². The fourth-order valence-electron chi connectivity index (χ4n) is 5.09. The number of carbonyl (C=O) groups is 2. The molecule has 3 rings (SSSR count). The van der Waals surface area contributed by atoms with Crippen molar-refractivity contribution in [1.82, 2.24) is 15.5 Å². The topological polar surface area (TPSA) is 135 Å². The van der Waals surface area contributed by atoms with Crippen molar-refractivity contribution >= 4 is 18.9 Å². The summed E-state index contributed by atoms with van der Waals surface area (Å²) >= 11 is 0. The molecule has 40 heavy (non-hydrogen) atoms. The molecule has 4 N–H and O–H groups in total. The van der Waals surface area contributed by atoms with Gasteiger partial charge in [0, 0.05) is 6.54 Å². The van der Waals surface area contributed by atoms with Gasteiger partial charge in [-0.3, -0.25) is 14.9 Å². The number of carbonyl (C=O) groups excluding carboxylic acids is 2. The number of nitrogens with zero attached hydrogens (tertiary/aromatic N) is 2. The van der Waals surface area contributed by atoms with E-state index in [0.717, 1.165) is 19.3 Å². The summed E-state index contributed by atoms with van der Waals surface area (Å²) < 4.78 is 44.5. The first-order valence-electron chi connectivity index (χ1n) is 13.8. The number of rotatable bonds is 15. The van der Waals surface area contributed by atoms with E-state index in [1.807, 2.05) is 6.92 Å². The molecule has 1 aliphatic heterocycles. The van der Waals surface area contributed by atoms with Crippen molar-refractivity contribution in [3.05, 3.63) is 35.9 Å². The number of alkyl halides is 3. The van der Waals surface area contributed by atoms with Crippen LogP contribution < -0.4 is 10.6 Å². The van der Waals surface area contributed by atoms with Crippen LogP contribution in [0.4, 0.5) is 13.2 Å². The van der Waals surface area contributed by atoms with E-state index in [4.69, 9.17) is 4.74 Å². The third kappa shape index (κ3) is 10.1. The predicted octanol–water partition coefficient (Wildman–Crippen LogP) is 1.83. The Hall–Kier alpha value is -2.66. The quantitative estimate of drug-likeness (QED) is 0.238. The van der Waals surface area contributed by atoms with Crippen LogP contribution in [-0.4, -0.2) is 84.4 Å². The van der Waals surface area contributed by atoms with E-state index in [-0.39, 0.29) is 30.9 Å². The predicted molar refractivity (Wildman–Crippen MR) is 141 cm³/mol.